The fraction of sp³-hybridized carbons (Fsp3) is 0.600. The summed E-state index contributed by atoms with van der Waals surface area (Å²) in [5, 5.41) is 4.06. The van der Waals surface area contributed by atoms with Crippen LogP contribution in [-0.2, 0) is 13.6 Å². The van der Waals surface area contributed by atoms with Crippen molar-refractivity contribution in [3.8, 4) is 0 Å². The molecule has 1 aliphatic rings. The largest absolute Gasteiger partial charge is 0.364 e. The molecular weight excluding hydrogens is 206 g/mol. The van der Waals surface area contributed by atoms with Gasteiger partial charge in [-0.3, -0.25) is 14.4 Å². The van der Waals surface area contributed by atoms with Gasteiger partial charge in [-0.2, -0.15) is 5.10 Å². The lowest BCUT2D eigenvalue weighted by Crippen LogP contribution is -2.27. The van der Waals surface area contributed by atoms with Crippen molar-refractivity contribution in [1.82, 2.24) is 14.7 Å². The Labute approximate surface area is 94.2 Å². The van der Waals surface area contributed by atoms with Gasteiger partial charge >= 0.3 is 0 Å². The molecule has 16 heavy (non-hydrogen) atoms. The molecule has 1 aliphatic heterocycles. The zero-order valence-corrected chi connectivity index (χ0v) is 9.39. The molecule has 1 aromatic heterocycles. The van der Waals surface area contributed by atoms with Gasteiger partial charge in [0.15, 0.2) is 5.69 Å². The summed E-state index contributed by atoms with van der Waals surface area (Å²) in [6.45, 7) is 2.53. The average molecular weight is 223 g/mol. The molecule has 88 valence electrons. The minimum atomic E-state index is -0.473. The van der Waals surface area contributed by atoms with Gasteiger partial charge in [0.1, 0.15) is 0 Å². The van der Waals surface area contributed by atoms with Gasteiger partial charge in [-0.05, 0) is 6.42 Å². The van der Waals surface area contributed by atoms with E-state index < -0.39 is 5.91 Å². The number of carbonyl (C=O) groups excluding carboxylic acids is 1. The molecule has 2 heterocycles. The highest BCUT2D eigenvalue weighted by Gasteiger charge is 2.22. The summed E-state index contributed by atoms with van der Waals surface area (Å²) in [6, 6.07) is 0.244. The smallest absolute Gasteiger partial charge is 0.269 e. The van der Waals surface area contributed by atoms with Crippen LogP contribution in [0.25, 0.3) is 0 Å². The minimum absolute atomic E-state index is 0.244. The second-order valence-electron chi connectivity index (χ2n) is 4.32. The molecule has 0 saturated carbocycles. The molecule has 1 fully saturated rings. The summed E-state index contributed by atoms with van der Waals surface area (Å²) < 4.78 is 1.62. The van der Waals surface area contributed by atoms with Crippen LogP contribution < -0.4 is 11.5 Å². The van der Waals surface area contributed by atoms with Gasteiger partial charge in [0.05, 0.1) is 0 Å². The summed E-state index contributed by atoms with van der Waals surface area (Å²) >= 11 is 0. The summed E-state index contributed by atoms with van der Waals surface area (Å²) in [7, 11) is 1.78. The molecule has 1 saturated heterocycles. The Hall–Kier alpha value is -1.40. The number of aryl methyl sites for hydroxylation is 1. The molecule has 6 heteroatoms. The molecular formula is C10H17N5O. The van der Waals surface area contributed by atoms with Gasteiger partial charge in [0, 0.05) is 44.5 Å². The predicted molar refractivity (Wildman–Crippen MR) is 59.6 cm³/mol. The number of primary amides is 1. The van der Waals surface area contributed by atoms with E-state index in [0.717, 1.165) is 25.1 Å². The zero-order chi connectivity index (χ0) is 11.7. The molecule has 0 aliphatic carbocycles. The lowest BCUT2D eigenvalue weighted by molar-refractivity contribution is 0.0993. The van der Waals surface area contributed by atoms with Crippen molar-refractivity contribution in [1.29, 1.82) is 0 Å². The van der Waals surface area contributed by atoms with Crippen molar-refractivity contribution in [2.75, 3.05) is 13.1 Å². The first kappa shape index (κ1) is 11.1. The first-order chi connectivity index (χ1) is 7.56. The van der Waals surface area contributed by atoms with Crippen LogP contribution in [0.4, 0.5) is 0 Å². The van der Waals surface area contributed by atoms with Crippen LogP contribution >= 0.6 is 0 Å². The van der Waals surface area contributed by atoms with Gasteiger partial charge in [0.2, 0.25) is 0 Å². The number of likely N-dealkylation sites (tertiary alicyclic amines) is 1. The third-order valence-corrected chi connectivity index (χ3v) is 2.84. The minimum Gasteiger partial charge on any atom is -0.364 e. The molecule has 4 N–H and O–H groups in total. The molecule has 1 atom stereocenters. The van der Waals surface area contributed by atoms with Gasteiger partial charge in [-0.1, -0.05) is 0 Å². The van der Waals surface area contributed by atoms with Gasteiger partial charge in [0.25, 0.3) is 5.91 Å². The summed E-state index contributed by atoms with van der Waals surface area (Å²) in [5.41, 5.74) is 12.3. The van der Waals surface area contributed by atoms with Crippen molar-refractivity contribution >= 4 is 5.91 Å². The number of nitrogens with two attached hydrogens (primary N) is 2. The highest BCUT2D eigenvalue weighted by atomic mass is 16.1. The topological polar surface area (TPSA) is 90.2 Å². The normalized spacial score (nSPS) is 21.5. The van der Waals surface area contributed by atoms with Crippen LogP contribution in [0.3, 0.4) is 0 Å². The average Bonchev–Trinajstić information content (AvgIpc) is 2.74. The Kier molecular flexibility index (Phi) is 2.93. The number of nitrogens with zero attached hydrogens (tertiary/aromatic N) is 3. The quantitative estimate of drug-likeness (QED) is 0.691. The van der Waals surface area contributed by atoms with Crippen molar-refractivity contribution in [2.45, 2.75) is 19.0 Å². The van der Waals surface area contributed by atoms with Gasteiger partial charge < -0.3 is 11.5 Å². The zero-order valence-electron chi connectivity index (χ0n) is 9.39. The Morgan fingerprint density at radius 3 is 3.00 bits per heavy atom. The number of hydrogen-bond donors (Lipinski definition) is 2. The second kappa shape index (κ2) is 4.23. The van der Waals surface area contributed by atoms with E-state index in [2.05, 4.69) is 10.00 Å². The van der Waals surface area contributed by atoms with Crippen LogP contribution in [0.1, 0.15) is 22.5 Å². The Morgan fingerprint density at radius 2 is 2.44 bits per heavy atom. The van der Waals surface area contributed by atoms with Crippen LogP contribution in [0, 0.1) is 0 Å². The fourth-order valence-electron chi connectivity index (χ4n) is 2.11. The molecule has 1 amide bonds. The maximum absolute atomic E-state index is 11.2. The van der Waals surface area contributed by atoms with Crippen molar-refractivity contribution in [2.24, 2.45) is 18.5 Å². The van der Waals surface area contributed by atoms with Crippen molar-refractivity contribution in [3.63, 3.8) is 0 Å². The number of aromatic nitrogens is 2. The summed E-state index contributed by atoms with van der Waals surface area (Å²) in [6.07, 6.45) is 2.84. The summed E-state index contributed by atoms with van der Waals surface area (Å²) in [4.78, 5) is 13.4. The Balaban J connectivity index is 2.11. The highest BCUT2D eigenvalue weighted by molar-refractivity contribution is 5.92. The van der Waals surface area contributed by atoms with E-state index in [0.29, 0.717) is 12.2 Å². The number of rotatable bonds is 3. The van der Waals surface area contributed by atoms with Crippen molar-refractivity contribution in [3.05, 3.63) is 17.5 Å². The maximum Gasteiger partial charge on any atom is 0.269 e. The van der Waals surface area contributed by atoms with Crippen LogP contribution in [0.5, 0.6) is 0 Å². The second-order valence-corrected chi connectivity index (χ2v) is 4.32. The summed E-state index contributed by atoms with van der Waals surface area (Å²) in [5.74, 6) is -0.473. The highest BCUT2D eigenvalue weighted by Crippen LogP contribution is 2.14. The Bertz CT molecular complexity index is 400. The molecule has 0 spiro atoms. The Morgan fingerprint density at radius 1 is 1.69 bits per heavy atom. The molecule has 1 unspecified atom stereocenters. The molecule has 0 bridgehead atoms. The van der Waals surface area contributed by atoms with Gasteiger partial charge in [-0.25, -0.2) is 0 Å². The van der Waals surface area contributed by atoms with E-state index in [1.54, 1.807) is 11.7 Å². The standard InChI is InChI=1S/C10H17N5O/c1-14-4-7(9(13-14)10(12)16)5-15-3-2-8(11)6-15/h4,8H,2-3,5-6,11H2,1H3,(H2,12,16). The van der Waals surface area contributed by atoms with Crippen molar-refractivity contribution < 1.29 is 4.79 Å². The van der Waals surface area contributed by atoms with E-state index in [1.807, 2.05) is 6.20 Å². The first-order valence-electron chi connectivity index (χ1n) is 5.36. The third kappa shape index (κ3) is 2.23. The predicted octanol–water partition coefficient (Wildman–Crippen LogP) is -0.948. The molecule has 6 nitrogen and oxygen atoms in total. The molecule has 2 rings (SSSR count). The number of carbonyl (C=O) groups is 1. The SMILES string of the molecule is Cn1cc(CN2CCC(N)C2)c(C(N)=O)n1. The number of hydrogen-bond acceptors (Lipinski definition) is 4. The van der Waals surface area contributed by atoms with Gasteiger partial charge in [-0.15, -0.1) is 0 Å². The van der Waals surface area contributed by atoms with Crippen LogP contribution in [0.15, 0.2) is 6.20 Å². The van der Waals surface area contributed by atoms with E-state index in [4.69, 9.17) is 11.5 Å². The molecule has 0 radical (unpaired) electrons. The third-order valence-electron chi connectivity index (χ3n) is 2.84. The molecule has 0 aromatic carbocycles. The molecule has 1 aromatic rings. The first-order valence-corrected chi connectivity index (χ1v) is 5.36. The monoisotopic (exact) mass is 223 g/mol. The maximum atomic E-state index is 11.2. The lowest BCUT2D eigenvalue weighted by atomic mass is 10.2. The fourth-order valence-corrected chi connectivity index (χ4v) is 2.11. The van der Waals surface area contributed by atoms with Crippen LogP contribution in [-0.4, -0.2) is 39.7 Å². The van der Waals surface area contributed by atoms with E-state index >= 15 is 0 Å². The lowest BCUT2D eigenvalue weighted by Gasteiger charge is -2.13. The van der Waals surface area contributed by atoms with E-state index in [1.165, 1.54) is 0 Å². The number of amides is 1. The van der Waals surface area contributed by atoms with E-state index in [-0.39, 0.29) is 6.04 Å². The van der Waals surface area contributed by atoms with Crippen LogP contribution in [0.2, 0.25) is 0 Å². The van der Waals surface area contributed by atoms with E-state index in [9.17, 15) is 4.79 Å².